The van der Waals surface area contributed by atoms with Crippen LogP contribution in [0, 0.1) is 13.8 Å². The first-order chi connectivity index (χ1) is 8.72. The van der Waals surface area contributed by atoms with Crippen LogP contribution in [0.25, 0.3) is 0 Å². The van der Waals surface area contributed by atoms with Crippen LogP contribution < -0.4 is 5.32 Å². The van der Waals surface area contributed by atoms with Gasteiger partial charge in [-0.1, -0.05) is 0 Å². The average molecular weight is 251 g/mol. The molecule has 0 aliphatic heterocycles. The van der Waals surface area contributed by atoms with Crippen molar-refractivity contribution in [2.24, 2.45) is 0 Å². The second-order valence-corrected chi connectivity index (χ2v) is 5.23. The largest absolute Gasteiger partial charge is 0.385 e. The minimum atomic E-state index is 0.758. The summed E-state index contributed by atoms with van der Waals surface area (Å²) in [6, 6.07) is 0.758. The molecule has 0 bridgehead atoms. The molecule has 1 fully saturated rings. The highest BCUT2D eigenvalue weighted by Gasteiger charge is 2.21. The van der Waals surface area contributed by atoms with E-state index in [-0.39, 0.29) is 0 Å². The van der Waals surface area contributed by atoms with Gasteiger partial charge in [-0.05, 0) is 39.5 Å². The van der Waals surface area contributed by atoms with Gasteiger partial charge >= 0.3 is 0 Å². The van der Waals surface area contributed by atoms with E-state index in [4.69, 9.17) is 4.74 Å². The molecule has 4 nitrogen and oxygen atoms in total. The quantitative estimate of drug-likeness (QED) is 0.720. The van der Waals surface area contributed by atoms with E-state index < -0.39 is 0 Å². The molecule has 2 rings (SSSR count). The number of ether oxygens (including phenoxy) is 1. The summed E-state index contributed by atoms with van der Waals surface area (Å²) in [5.74, 6) is 0. The Balaban J connectivity index is 1.87. The molecular weight excluding hydrogens is 226 g/mol. The molecule has 1 aromatic heterocycles. The van der Waals surface area contributed by atoms with Gasteiger partial charge in [-0.3, -0.25) is 4.68 Å². The molecule has 0 spiro atoms. The summed E-state index contributed by atoms with van der Waals surface area (Å²) in [6.45, 7) is 7.11. The normalized spacial score (nSPS) is 15.3. The maximum Gasteiger partial charge on any atom is 0.0641 e. The van der Waals surface area contributed by atoms with Gasteiger partial charge in [-0.15, -0.1) is 0 Å². The van der Waals surface area contributed by atoms with Crippen molar-refractivity contribution < 1.29 is 4.74 Å². The van der Waals surface area contributed by atoms with E-state index in [9.17, 15) is 0 Å². The summed E-state index contributed by atoms with van der Waals surface area (Å²) < 4.78 is 7.22. The van der Waals surface area contributed by atoms with Crippen molar-refractivity contribution in [3.8, 4) is 0 Å². The van der Waals surface area contributed by atoms with E-state index in [2.05, 4.69) is 28.9 Å². The third-order valence-electron chi connectivity index (χ3n) is 3.64. The molecule has 1 heterocycles. The molecule has 0 atom stereocenters. The molecule has 1 N–H and O–H groups in total. The van der Waals surface area contributed by atoms with Gasteiger partial charge in [0.25, 0.3) is 0 Å². The number of hydrogen-bond donors (Lipinski definition) is 1. The monoisotopic (exact) mass is 251 g/mol. The van der Waals surface area contributed by atoms with Crippen LogP contribution >= 0.6 is 0 Å². The Labute approximate surface area is 110 Å². The van der Waals surface area contributed by atoms with E-state index in [0.29, 0.717) is 0 Å². The average Bonchev–Trinajstić information content (AvgIpc) is 3.13. The van der Waals surface area contributed by atoms with Gasteiger partial charge in [0.15, 0.2) is 0 Å². The molecule has 1 saturated carbocycles. The summed E-state index contributed by atoms with van der Waals surface area (Å²) >= 11 is 0. The fourth-order valence-corrected chi connectivity index (χ4v) is 2.25. The lowest BCUT2D eigenvalue weighted by molar-refractivity contribution is 0.191. The molecule has 102 valence electrons. The first kappa shape index (κ1) is 13.6. The van der Waals surface area contributed by atoms with Crippen molar-refractivity contribution in [3.05, 3.63) is 17.0 Å². The van der Waals surface area contributed by atoms with E-state index >= 15 is 0 Å². The van der Waals surface area contributed by atoms with E-state index in [1.807, 2.05) is 0 Å². The molecule has 4 heteroatoms. The van der Waals surface area contributed by atoms with Gasteiger partial charge in [-0.2, -0.15) is 5.10 Å². The Morgan fingerprint density at radius 3 is 2.78 bits per heavy atom. The van der Waals surface area contributed by atoms with Crippen LogP contribution in [0.4, 0.5) is 0 Å². The number of hydrogen-bond acceptors (Lipinski definition) is 3. The van der Waals surface area contributed by atoms with Crippen LogP contribution in [0.3, 0.4) is 0 Å². The predicted molar refractivity (Wildman–Crippen MR) is 72.7 cm³/mol. The van der Waals surface area contributed by atoms with E-state index in [1.54, 1.807) is 7.11 Å². The first-order valence-corrected chi connectivity index (χ1v) is 6.97. The summed E-state index contributed by atoms with van der Waals surface area (Å²) in [6.07, 6.45) is 4.91. The molecule has 0 unspecified atom stereocenters. The number of aryl methyl sites for hydroxylation is 2. The second kappa shape index (κ2) is 6.34. The molecule has 0 saturated heterocycles. The van der Waals surface area contributed by atoms with Crippen molar-refractivity contribution in [1.82, 2.24) is 15.1 Å². The lowest BCUT2D eigenvalue weighted by atomic mass is 10.2. The molecule has 18 heavy (non-hydrogen) atoms. The SMILES string of the molecule is COCCCCn1nc(C)c(CNC2CC2)c1C. The second-order valence-electron chi connectivity index (χ2n) is 5.23. The third-order valence-corrected chi connectivity index (χ3v) is 3.64. The molecule has 1 aromatic rings. The van der Waals surface area contributed by atoms with Crippen LogP contribution in [0.1, 0.15) is 42.6 Å². The molecule has 1 aliphatic rings. The van der Waals surface area contributed by atoms with Crippen molar-refractivity contribution in [2.75, 3.05) is 13.7 Å². The van der Waals surface area contributed by atoms with Crippen LogP contribution in [0.5, 0.6) is 0 Å². The Hall–Kier alpha value is -0.870. The highest BCUT2D eigenvalue weighted by atomic mass is 16.5. The Kier molecular flexibility index (Phi) is 4.78. The molecule has 1 aliphatic carbocycles. The summed E-state index contributed by atoms with van der Waals surface area (Å²) in [5.41, 5.74) is 3.87. The Morgan fingerprint density at radius 1 is 1.33 bits per heavy atom. The van der Waals surface area contributed by atoms with Gasteiger partial charge in [0.1, 0.15) is 0 Å². The molecule has 0 amide bonds. The number of nitrogens with zero attached hydrogens (tertiary/aromatic N) is 2. The Morgan fingerprint density at radius 2 is 2.11 bits per heavy atom. The van der Waals surface area contributed by atoms with Crippen LogP contribution in [-0.4, -0.2) is 29.5 Å². The minimum absolute atomic E-state index is 0.758. The predicted octanol–water partition coefficient (Wildman–Crippen LogP) is 2.18. The third kappa shape index (κ3) is 3.56. The zero-order valence-electron chi connectivity index (χ0n) is 11.8. The number of unbranched alkanes of at least 4 members (excludes halogenated alkanes) is 1. The minimum Gasteiger partial charge on any atom is -0.385 e. The summed E-state index contributed by atoms with van der Waals surface area (Å²) in [5, 5.41) is 8.21. The van der Waals surface area contributed by atoms with Crippen molar-refractivity contribution in [1.29, 1.82) is 0 Å². The number of nitrogens with one attached hydrogen (secondary N) is 1. The Bertz CT molecular complexity index is 383. The lowest BCUT2D eigenvalue weighted by Gasteiger charge is -2.06. The number of methoxy groups -OCH3 is 1. The maximum atomic E-state index is 5.07. The van der Waals surface area contributed by atoms with Crippen molar-refractivity contribution >= 4 is 0 Å². The zero-order chi connectivity index (χ0) is 13.0. The fourth-order valence-electron chi connectivity index (χ4n) is 2.25. The summed E-state index contributed by atoms with van der Waals surface area (Å²) in [7, 11) is 1.75. The van der Waals surface area contributed by atoms with Gasteiger partial charge in [0.2, 0.25) is 0 Å². The van der Waals surface area contributed by atoms with Gasteiger partial charge in [-0.25, -0.2) is 0 Å². The smallest absolute Gasteiger partial charge is 0.0641 e. The van der Waals surface area contributed by atoms with Crippen LogP contribution in [-0.2, 0) is 17.8 Å². The first-order valence-electron chi connectivity index (χ1n) is 6.97. The number of aromatic nitrogens is 2. The molecule has 0 radical (unpaired) electrons. The number of rotatable bonds is 8. The van der Waals surface area contributed by atoms with Gasteiger partial charge < -0.3 is 10.1 Å². The van der Waals surface area contributed by atoms with Crippen molar-refractivity contribution in [3.63, 3.8) is 0 Å². The topological polar surface area (TPSA) is 39.1 Å². The van der Waals surface area contributed by atoms with Gasteiger partial charge in [0, 0.05) is 44.1 Å². The maximum absolute atomic E-state index is 5.07. The molecular formula is C14H25N3O. The van der Waals surface area contributed by atoms with Crippen LogP contribution in [0.15, 0.2) is 0 Å². The molecule has 0 aromatic carbocycles. The van der Waals surface area contributed by atoms with Crippen LogP contribution in [0.2, 0.25) is 0 Å². The van der Waals surface area contributed by atoms with E-state index in [1.165, 1.54) is 29.8 Å². The highest BCUT2D eigenvalue weighted by molar-refractivity contribution is 5.24. The fraction of sp³-hybridized carbons (Fsp3) is 0.786. The van der Waals surface area contributed by atoms with Crippen molar-refractivity contribution in [2.45, 2.75) is 58.7 Å². The lowest BCUT2D eigenvalue weighted by Crippen LogP contribution is -2.16. The summed E-state index contributed by atoms with van der Waals surface area (Å²) in [4.78, 5) is 0. The van der Waals surface area contributed by atoms with Gasteiger partial charge in [0.05, 0.1) is 5.69 Å². The zero-order valence-corrected chi connectivity index (χ0v) is 11.8. The highest BCUT2D eigenvalue weighted by Crippen LogP contribution is 2.21. The standard InChI is InChI=1S/C14H25N3O/c1-11-14(10-15-13-6-7-13)12(2)17(16-11)8-4-5-9-18-3/h13,15H,4-10H2,1-3H3. The van der Waals surface area contributed by atoms with E-state index in [0.717, 1.165) is 38.6 Å².